The lowest BCUT2D eigenvalue weighted by Gasteiger charge is -2.13. The largest absolute Gasteiger partial charge is 0.492 e. The second-order valence-corrected chi connectivity index (χ2v) is 7.09. The second-order valence-electron chi connectivity index (χ2n) is 4.75. The molecular weight excluding hydrogens is 356 g/mol. The van der Waals surface area contributed by atoms with E-state index in [4.69, 9.17) is 16.3 Å². The van der Waals surface area contributed by atoms with Crippen molar-refractivity contribution in [3.05, 3.63) is 58.6 Å². The average Bonchev–Trinajstić information content (AvgIpc) is 2.88. The number of hydrogen-bond donors (Lipinski definition) is 0. The van der Waals surface area contributed by atoms with E-state index in [9.17, 15) is 0 Å². The van der Waals surface area contributed by atoms with Crippen LogP contribution in [0.3, 0.4) is 0 Å². The van der Waals surface area contributed by atoms with E-state index < -0.39 is 0 Å². The van der Waals surface area contributed by atoms with E-state index in [2.05, 4.69) is 40.2 Å². The minimum Gasteiger partial charge on any atom is -0.492 e. The third-order valence-electron chi connectivity index (χ3n) is 3.31. The number of rotatable bonds is 4. The van der Waals surface area contributed by atoms with Gasteiger partial charge in [0.1, 0.15) is 12.4 Å². The number of hydrogen-bond acceptors (Lipinski definition) is 2. The standard InChI is InChI=1S/C16H14BrClOS/c17-9-12-7-13(18)5-6-15(12)19-10-14-8-11-3-1-2-4-16(11)20-14/h1-7,14H,8-10H2. The Balaban J connectivity index is 1.64. The van der Waals surface area contributed by atoms with E-state index in [0.29, 0.717) is 5.25 Å². The van der Waals surface area contributed by atoms with Crippen LogP contribution >= 0.6 is 39.3 Å². The van der Waals surface area contributed by atoms with Gasteiger partial charge in [-0.15, -0.1) is 11.8 Å². The molecule has 0 aromatic heterocycles. The maximum Gasteiger partial charge on any atom is 0.123 e. The fourth-order valence-electron chi connectivity index (χ4n) is 2.32. The summed E-state index contributed by atoms with van der Waals surface area (Å²) in [5, 5.41) is 1.99. The molecule has 0 spiro atoms. The topological polar surface area (TPSA) is 9.23 Å². The summed E-state index contributed by atoms with van der Waals surface area (Å²) in [6, 6.07) is 14.4. The van der Waals surface area contributed by atoms with Crippen LogP contribution in [0.25, 0.3) is 0 Å². The summed E-state index contributed by atoms with van der Waals surface area (Å²) >= 11 is 11.4. The summed E-state index contributed by atoms with van der Waals surface area (Å²) in [7, 11) is 0. The van der Waals surface area contributed by atoms with Gasteiger partial charge in [0, 0.05) is 26.1 Å². The van der Waals surface area contributed by atoms with Crippen LogP contribution in [0.5, 0.6) is 5.75 Å². The lowest BCUT2D eigenvalue weighted by Crippen LogP contribution is -2.14. The minimum absolute atomic E-state index is 0.492. The van der Waals surface area contributed by atoms with Crippen molar-refractivity contribution in [3.63, 3.8) is 0 Å². The molecule has 1 nitrogen and oxygen atoms in total. The molecule has 0 bridgehead atoms. The molecule has 2 aromatic rings. The Morgan fingerprint density at radius 2 is 2.10 bits per heavy atom. The first-order valence-corrected chi connectivity index (χ1v) is 8.86. The average molecular weight is 370 g/mol. The van der Waals surface area contributed by atoms with Crippen LogP contribution in [-0.2, 0) is 11.8 Å². The Bertz CT molecular complexity index is 592. The van der Waals surface area contributed by atoms with Gasteiger partial charge in [-0.1, -0.05) is 45.7 Å². The van der Waals surface area contributed by atoms with Crippen molar-refractivity contribution in [2.24, 2.45) is 0 Å². The van der Waals surface area contributed by atoms with Crippen LogP contribution in [0.15, 0.2) is 47.4 Å². The van der Waals surface area contributed by atoms with Crippen LogP contribution in [-0.4, -0.2) is 11.9 Å². The van der Waals surface area contributed by atoms with E-state index in [1.54, 1.807) is 0 Å². The highest BCUT2D eigenvalue weighted by atomic mass is 79.9. The number of halogens is 2. The number of thioether (sulfide) groups is 1. The van der Waals surface area contributed by atoms with Gasteiger partial charge in [0.05, 0.1) is 0 Å². The molecule has 2 aromatic carbocycles. The molecule has 0 saturated carbocycles. The molecule has 1 aliphatic heterocycles. The lowest BCUT2D eigenvalue weighted by molar-refractivity contribution is 0.315. The molecule has 1 unspecified atom stereocenters. The Labute approximate surface area is 136 Å². The molecule has 0 fully saturated rings. The summed E-state index contributed by atoms with van der Waals surface area (Å²) in [5.41, 5.74) is 2.53. The maximum absolute atomic E-state index is 6.00. The Hall–Kier alpha value is -0.640. The predicted octanol–water partition coefficient (Wildman–Crippen LogP) is 5.33. The van der Waals surface area contributed by atoms with Crippen molar-refractivity contribution in [1.82, 2.24) is 0 Å². The molecule has 1 aliphatic rings. The van der Waals surface area contributed by atoms with Gasteiger partial charge in [-0.25, -0.2) is 0 Å². The summed E-state index contributed by atoms with van der Waals surface area (Å²) < 4.78 is 5.99. The van der Waals surface area contributed by atoms with Gasteiger partial charge in [0.2, 0.25) is 0 Å². The zero-order valence-electron chi connectivity index (χ0n) is 10.8. The van der Waals surface area contributed by atoms with E-state index in [0.717, 1.165) is 34.7 Å². The summed E-state index contributed by atoms with van der Waals surface area (Å²) in [5.74, 6) is 0.919. The lowest BCUT2D eigenvalue weighted by atomic mass is 10.1. The van der Waals surface area contributed by atoms with Crippen LogP contribution in [0.4, 0.5) is 0 Å². The van der Waals surface area contributed by atoms with Crippen molar-refractivity contribution in [1.29, 1.82) is 0 Å². The van der Waals surface area contributed by atoms with Gasteiger partial charge in [-0.2, -0.15) is 0 Å². The van der Waals surface area contributed by atoms with Gasteiger partial charge >= 0.3 is 0 Å². The maximum atomic E-state index is 6.00. The molecule has 104 valence electrons. The van der Waals surface area contributed by atoms with Gasteiger partial charge in [0.25, 0.3) is 0 Å². The molecule has 0 N–H and O–H groups in total. The molecule has 0 saturated heterocycles. The van der Waals surface area contributed by atoms with Crippen LogP contribution < -0.4 is 4.74 Å². The van der Waals surface area contributed by atoms with E-state index in [1.807, 2.05) is 30.0 Å². The van der Waals surface area contributed by atoms with E-state index in [-0.39, 0.29) is 0 Å². The normalized spacial score (nSPS) is 17.0. The molecule has 20 heavy (non-hydrogen) atoms. The number of fused-ring (bicyclic) bond motifs is 1. The second kappa shape index (κ2) is 6.42. The summed E-state index contributed by atoms with van der Waals surface area (Å²) in [4.78, 5) is 1.39. The third-order valence-corrected chi connectivity index (χ3v) is 5.43. The first-order chi connectivity index (χ1) is 9.76. The van der Waals surface area contributed by atoms with Gasteiger partial charge in [-0.3, -0.25) is 0 Å². The summed E-state index contributed by atoms with van der Waals surface area (Å²) in [6.45, 7) is 0.723. The fourth-order valence-corrected chi connectivity index (χ4v) is 4.17. The fraction of sp³-hybridized carbons (Fsp3) is 0.250. The Morgan fingerprint density at radius 3 is 2.90 bits per heavy atom. The molecule has 0 amide bonds. The first-order valence-electron chi connectivity index (χ1n) is 6.48. The molecule has 1 heterocycles. The molecule has 0 aliphatic carbocycles. The minimum atomic E-state index is 0.492. The molecule has 0 radical (unpaired) electrons. The zero-order valence-corrected chi connectivity index (χ0v) is 14.0. The highest BCUT2D eigenvalue weighted by Crippen LogP contribution is 2.37. The predicted molar refractivity (Wildman–Crippen MR) is 89.4 cm³/mol. The molecule has 1 atom stereocenters. The molecule has 3 rings (SSSR count). The van der Waals surface area contributed by atoms with E-state index in [1.165, 1.54) is 10.5 Å². The van der Waals surface area contributed by atoms with Gasteiger partial charge in [-0.05, 0) is 36.2 Å². The summed E-state index contributed by atoms with van der Waals surface area (Å²) in [6.07, 6.45) is 1.08. The van der Waals surface area contributed by atoms with Crippen LogP contribution in [0, 0.1) is 0 Å². The highest BCUT2D eigenvalue weighted by molar-refractivity contribution is 9.08. The van der Waals surface area contributed by atoms with Crippen molar-refractivity contribution >= 4 is 39.3 Å². The quantitative estimate of drug-likeness (QED) is 0.674. The van der Waals surface area contributed by atoms with E-state index >= 15 is 0 Å². The van der Waals surface area contributed by atoms with Crippen LogP contribution in [0.2, 0.25) is 5.02 Å². The Kier molecular flexibility index (Phi) is 4.59. The number of alkyl halides is 1. The first kappa shape index (κ1) is 14.3. The highest BCUT2D eigenvalue weighted by Gasteiger charge is 2.22. The monoisotopic (exact) mass is 368 g/mol. The van der Waals surface area contributed by atoms with Crippen molar-refractivity contribution < 1.29 is 4.74 Å². The van der Waals surface area contributed by atoms with Crippen molar-refractivity contribution in [3.8, 4) is 5.75 Å². The number of benzene rings is 2. The van der Waals surface area contributed by atoms with Crippen molar-refractivity contribution in [2.75, 3.05) is 6.61 Å². The van der Waals surface area contributed by atoms with Crippen molar-refractivity contribution in [2.45, 2.75) is 21.9 Å². The van der Waals surface area contributed by atoms with Gasteiger partial charge in [0.15, 0.2) is 0 Å². The van der Waals surface area contributed by atoms with Gasteiger partial charge < -0.3 is 4.74 Å². The SMILES string of the molecule is Clc1ccc(OCC2Cc3ccccc3S2)c(CBr)c1. The zero-order chi connectivity index (χ0) is 13.9. The smallest absolute Gasteiger partial charge is 0.123 e. The Morgan fingerprint density at radius 1 is 1.25 bits per heavy atom. The third kappa shape index (κ3) is 3.16. The number of ether oxygens (including phenoxy) is 1. The molecular formula is C16H14BrClOS. The molecule has 4 heteroatoms. The van der Waals surface area contributed by atoms with Crippen LogP contribution in [0.1, 0.15) is 11.1 Å².